The van der Waals surface area contributed by atoms with Gasteiger partial charge in [0.25, 0.3) is 0 Å². The number of sulfone groups is 1. The number of hydrogen-bond acceptors (Lipinski definition) is 5. The Hall–Kier alpha value is -2.70. The highest BCUT2D eigenvalue weighted by atomic mass is 32.2. The van der Waals surface area contributed by atoms with Gasteiger partial charge in [0.2, 0.25) is 5.91 Å². The van der Waals surface area contributed by atoms with Crippen molar-refractivity contribution in [2.45, 2.75) is 13.8 Å². The molecule has 0 aliphatic carbocycles. The standard InChI is InChI=1S/C19H21FN4O3S/c1-13-14(2)24(16-5-3-15(20)4-6-16)19(17(13)11-21)22-18(25)12-23-7-9-28(26,27)10-8-23/h3-6H,7-10,12H2,1-2H3,(H,22,25). The molecule has 1 aliphatic heterocycles. The second-order valence-corrected chi connectivity index (χ2v) is 9.14. The van der Waals surface area contributed by atoms with E-state index in [1.54, 1.807) is 28.5 Å². The number of halogens is 1. The fraction of sp³-hybridized carbons (Fsp3) is 0.368. The first-order chi connectivity index (χ1) is 13.2. The largest absolute Gasteiger partial charge is 0.310 e. The molecule has 0 unspecified atom stereocenters. The van der Waals surface area contributed by atoms with Crippen LogP contribution < -0.4 is 5.32 Å². The van der Waals surface area contributed by atoms with E-state index in [-0.39, 0.29) is 29.8 Å². The number of anilines is 1. The molecule has 1 aromatic carbocycles. The van der Waals surface area contributed by atoms with E-state index >= 15 is 0 Å². The third kappa shape index (κ3) is 4.08. The quantitative estimate of drug-likeness (QED) is 0.838. The number of hydrogen-bond donors (Lipinski definition) is 1. The molecule has 148 valence electrons. The lowest BCUT2D eigenvalue weighted by Crippen LogP contribution is -2.44. The van der Waals surface area contributed by atoms with Gasteiger partial charge >= 0.3 is 0 Å². The molecule has 9 heteroatoms. The minimum Gasteiger partial charge on any atom is -0.310 e. The number of aromatic nitrogens is 1. The topological polar surface area (TPSA) is 95.2 Å². The third-order valence-electron chi connectivity index (χ3n) is 4.97. The van der Waals surface area contributed by atoms with Gasteiger partial charge in [-0.25, -0.2) is 12.8 Å². The van der Waals surface area contributed by atoms with E-state index in [1.165, 1.54) is 12.1 Å². The molecule has 2 aromatic rings. The van der Waals surface area contributed by atoms with E-state index < -0.39 is 9.84 Å². The zero-order valence-corrected chi connectivity index (χ0v) is 16.5. The monoisotopic (exact) mass is 404 g/mol. The maximum Gasteiger partial charge on any atom is 0.239 e. The Bertz CT molecular complexity index is 1040. The average molecular weight is 404 g/mol. The summed E-state index contributed by atoms with van der Waals surface area (Å²) in [6, 6.07) is 7.91. The predicted molar refractivity (Wildman–Crippen MR) is 104 cm³/mol. The molecule has 2 heterocycles. The molecule has 1 saturated heterocycles. The minimum atomic E-state index is -3.02. The van der Waals surface area contributed by atoms with Crippen molar-refractivity contribution >= 4 is 21.6 Å². The van der Waals surface area contributed by atoms with Gasteiger partial charge in [0.15, 0.2) is 9.84 Å². The average Bonchev–Trinajstić information content (AvgIpc) is 2.87. The fourth-order valence-electron chi connectivity index (χ4n) is 3.26. The fourth-order valence-corrected chi connectivity index (χ4v) is 4.53. The number of amides is 1. The van der Waals surface area contributed by atoms with Gasteiger partial charge in [-0.2, -0.15) is 5.26 Å². The van der Waals surface area contributed by atoms with Crippen molar-refractivity contribution < 1.29 is 17.6 Å². The van der Waals surface area contributed by atoms with Crippen molar-refractivity contribution in [2.75, 3.05) is 36.5 Å². The van der Waals surface area contributed by atoms with Crippen LogP contribution in [0.3, 0.4) is 0 Å². The van der Waals surface area contributed by atoms with Gasteiger partial charge in [0, 0.05) is 24.5 Å². The van der Waals surface area contributed by atoms with Gasteiger partial charge < -0.3 is 5.32 Å². The van der Waals surface area contributed by atoms with Crippen LogP contribution in [0.15, 0.2) is 24.3 Å². The number of benzene rings is 1. The highest BCUT2D eigenvalue weighted by molar-refractivity contribution is 7.91. The lowest BCUT2D eigenvalue weighted by molar-refractivity contribution is -0.117. The Balaban J connectivity index is 1.87. The maximum absolute atomic E-state index is 13.3. The molecule has 0 radical (unpaired) electrons. The lowest BCUT2D eigenvalue weighted by Gasteiger charge is -2.25. The molecule has 0 saturated carbocycles. The Morgan fingerprint density at radius 2 is 1.82 bits per heavy atom. The molecule has 0 spiro atoms. The Morgan fingerprint density at radius 3 is 2.39 bits per heavy atom. The van der Waals surface area contributed by atoms with Crippen LogP contribution in [0.2, 0.25) is 0 Å². The van der Waals surface area contributed by atoms with Gasteiger partial charge in [0.05, 0.1) is 23.6 Å². The normalized spacial score (nSPS) is 16.5. The molecule has 1 aliphatic rings. The summed E-state index contributed by atoms with van der Waals surface area (Å²) >= 11 is 0. The first-order valence-electron chi connectivity index (χ1n) is 8.82. The SMILES string of the molecule is Cc1c(C#N)c(NC(=O)CN2CCS(=O)(=O)CC2)n(-c2ccc(F)cc2)c1C. The van der Waals surface area contributed by atoms with Crippen molar-refractivity contribution in [1.29, 1.82) is 5.26 Å². The van der Waals surface area contributed by atoms with Crippen LogP contribution in [0.4, 0.5) is 10.2 Å². The van der Waals surface area contributed by atoms with Crippen molar-refractivity contribution in [3.05, 3.63) is 46.9 Å². The van der Waals surface area contributed by atoms with Crippen LogP contribution in [0, 0.1) is 31.0 Å². The molecule has 0 bridgehead atoms. The number of carbonyl (C=O) groups is 1. The van der Waals surface area contributed by atoms with Gasteiger partial charge in [-0.3, -0.25) is 14.3 Å². The second kappa shape index (κ2) is 7.73. The molecule has 7 nitrogen and oxygen atoms in total. The zero-order chi connectivity index (χ0) is 20.5. The number of nitrogens with zero attached hydrogens (tertiary/aromatic N) is 3. The van der Waals surface area contributed by atoms with E-state index in [0.29, 0.717) is 30.2 Å². The van der Waals surface area contributed by atoms with Crippen molar-refractivity contribution in [3.8, 4) is 11.8 Å². The van der Waals surface area contributed by atoms with E-state index in [1.807, 2.05) is 6.92 Å². The minimum absolute atomic E-state index is 0.0348. The van der Waals surface area contributed by atoms with Crippen molar-refractivity contribution in [3.63, 3.8) is 0 Å². The first-order valence-corrected chi connectivity index (χ1v) is 10.6. The van der Waals surface area contributed by atoms with E-state index in [2.05, 4.69) is 11.4 Å². The Kier molecular flexibility index (Phi) is 5.54. The summed E-state index contributed by atoms with van der Waals surface area (Å²) in [6.45, 7) is 4.26. The molecule has 1 N–H and O–H groups in total. The zero-order valence-electron chi connectivity index (χ0n) is 15.7. The molecular weight excluding hydrogens is 383 g/mol. The second-order valence-electron chi connectivity index (χ2n) is 6.83. The summed E-state index contributed by atoms with van der Waals surface area (Å²) in [4.78, 5) is 14.4. The summed E-state index contributed by atoms with van der Waals surface area (Å²) in [5.74, 6) is -0.311. The number of nitrogens with one attached hydrogen (secondary N) is 1. The van der Waals surface area contributed by atoms with Crippen LogP contribution in [0.1, 0.15) is 16.8 Å². The molecule has 28 heavy (non-hydrogen) atoms. The van der Waals surface area contributed by atoms with Gasteiger partial charge in [-0.15, -0.1) is 0 Å². The van der Waals surface area contributed by atoms with Crippen molar-refractivity contribution in [1.82, 2.24) is 9.47 Å². The Morgan fingerprint density at radius 1 is 1.21 bits per heavy atom. The van der Waals surface area contributed by atoms with Crippen LogP contribution in [0.25, 0.3) is 5.69 Å². The summed E-state index contributed by atoms with van der Waals surface area (Å²) in [6.07, 6.45) is 0. The van der Waals surface area contributed by atoms with E-state index in [4.69, 9.17) is 0 Å². The van der Waals surface area contributed by atoms with Crippen LogP contribution in [0.5, 0.6) is 0 Å². The lowest BCUT2D eigenvalue weighted by atomic mass is 10.2. The molecule has 1 fully saturated rings. The molecular formula is C19H21FN4O3S. The number of nitriles is 1. The highest BCUT2D eigenvalue weighted by Gasteiger charge is 2.25. The summed E-state index contributed by atoms with van der Waals surface area (Å²) in [5.41, 5.74) is 2.47. The smallest absolute Gasteiger partial charge is 0.239 e. The molecule has 1 aromatic heterocycles. The third-order valence-corrected chi connectivity index (χ3v) is 6.58. The summed E-state index contributed by atoms with van der Waals surface area (Å²) in [5, 5.41) is 12.4. The van der Waals surface area contributed by atoms with Crippen LogP contribution >= 0.6 is 0 Å². The van der Waals surface area contributed by atoms with Gasteiger partial charge in [-0.1, -0.05) is 0 Å². The van der Waals surface area contributed by atoms with Crippen LogP contribution in [-0.2, 0) is 14.6 Å². The summed E-state index contributed by atoms with van der Waals surface area (Å²) < 4.78 is 38.1. The van der Waals surface area contributed by atoms with Crippen LogP contribution in [-0.4, -0.2) is 54.9 Å². The first kappa shape index (κ1) is 20.0. The van der Waals surface area contributed by atoms with Gasteiger partial charge in [-0.05, 0) is 43.7 Å². The predicted octanol–water partition coefficient (Wildman–Crippen LogP) is 1.77. The van der Waals surface area contributed by atoms with E-state index in [9.17, 15) is 22.9 Å². The highest BCUT2D eigenvalue weighted by Crippen LogP contribution is 2.30. The van der Waals surface area contributed by atoms with Crippen molar-refractivity contribution in [2.24, 2.45) is 0 Å². The van der Waals surface area contributed by atoms with E-state index in [0.717, 1.165) is 11.3 Å². The number of carbonyl (C=O) groups excluding carboxylic acids is 1. The molecule has 1 amide bonds. The van der Waals surface area contributed by atoms with Gasteiger partial charge in [0.1, 0.15) is 17.7 Å². The summed E-state index contributed by atoms with van der Waals surface area (Å²) in [7, 11) is -3.02. The molecule has 0 atom stereocenters. The Labute approximate surface area is 163 Å². The molecule has 3 rings (SSSR count). The maximum atomic E-state index is 13.3. The number of rotatable bonds is 4.